The Balaban J connectivity index is 2.34. The van der Waals surface area contributed by atoms with E-state index in [-0.39, 0.29) is 11.4 Å². The number of hydrogen-bond donors (Lipinski definition) is 0. The lowest BCUT2D eigenvalue weighted by Gasteiger charge is -2.45. The molecule has 0 aliphatic heterocycles. The van der Waals surface area contributed by atoms with Crippen LogP contribution in [0.25, 0.3) is 0 Å². The summed E-state index contributed by atoms with van der Waals surface area (Å²) in [5.41, 5.74) is 2.71. The molecule has 1 saturated carbocycles. The van der Waals surface area contributed by atoms with E-state index >= 15 is 0 Å². The number of allylic oxidation sites excluding steroid dienone is 2. The lowest BCUT2D eigenvalue weighted by Crippen LogP contribution is -2.44. The quantitative estimate of drug-likeness (QED) is 0.501. The Labute approximate surface area is 98.1 Å². The zero-order chi connectivity index (χ0) is 11.8. The van der Waals surface area contributed by atoms with Crippen LogP contribution in [0.5, 0.6) is 0 Å². The molecule has 0 spiro atoms. The molecular formula is C14H22O2. The largest absolute Gasteiger partial charge is 0.469 e. The van der Waals surface area contributed by atoms with Gasteiger partial charge in [0.1, 0.15) is 0 Å². The van der Waals surface area contributed by atoms with Crippen LogP contribution in [0.1, 0.15) is 52.4 Å². The fourth-order valence-electron chi connectivity index (χ4n) is 3.55. The van der Waals surface area contributed by atoms with E-state index in [4.69, 9.17) is 4.74 Å². The molecule has 2 aliphatic carbocycles. The van der Waals surface area contributed by atoms with Crippen LogP contribution in [-0.4, -0.2) is 13.1 Å². The Hall–Kier alpha value is -0.790. The van der Waals surface area contributed by atoms with Crippen LogP contribution in [0.4, 0.5) is 0 Å². The molecule has 0 saturated heterocycles. The van der Waals surface area contributed by atoms with E-state index in [0.717, 1.165) is 19.3 Å². The van der Waals surface area contributed by atoms with Gasteiger partial charge in [0.05, 0.1) is 12.5 Å². The van der Waals surface area contributed by atoms with Crippen molar-refractivity contribution in [1.29, 1.82) is 0 Å². The molecule has 90 valence electrons. The number of ether oxygens (including phenoxy) is 1. The Morgan fingerprint density at radius 3 is 2.75 bits per heavy atom. The molecule has 0 bridgehead atoms. The molecule has 2 aliphatic rings. The van der Waals surface area contributed by atoms with E-state index in [1.165, 1.54) is 37.5 Å². The summed E-state index contributed by atoms with van der Waals surface area (Å²) in [4.78, 5) is 12.1. The van der Waals surface area contributed by atoms with E-state index in [1.807, 2.05) is 0 Å². The summed E-state index contributed by atoms with van der Waals surface area (Å²) in [6.07, 6.45) is 6.69. The summed E-state index contributed by atoms with van der Waals surface area (Å²) in [6, 6.07) is 0. The molecule has 0 N–H and O–H groups in total. The zero-order valence-electron chi connectivity index (χ0n) is 10.6. The van der Waals surface area contributed by atoms with Gasteiger partial charge in [0, 0.05) is 0 Å². The predicted molar refractivity (Wildman–Crippen MR) is 64.0 cm³/mol. The second-order valence-electron chi connectivity index (χ2n) is 5.53. The number of esters is 1. The average Bonchev–Trinajstić information content (AvgIpc) is 2.29. The number of carbonyl (C=O) groups is 1. The minimum Gasteiger partial charge on any atom is -0.469 e. The van der Waals surface area contributed by atoms with Gasteiger partial charge in [-0.3, -0.25) is 4.79 Å². The molecule has 0 aromatic rings. The highest BCUT2D eigenvalue weighted by Crippen LogP contribution is 2.52. The molecule has 0 aromatic carbocycles. The van der Waals surface area contributed by atoms with Crippen LogP contribution in [-0.2, 0) is 9.53 Å². The maximum atomic E-state index is 12.1. The van der Waals surface area contributed by atoms with E-state index in [9.17, 15) is 4.79 Å². The molecule has 0 heterocycles. The van der Waals surface area contributed by atoms with Crippen molar-refractivity contribution in [2.45, 2.75) is 52.4 Å². The third kappa shape index (κ3) is 1.68. The van der Waals surface area contributed by atoms with E-state index in [2.05, 4.69) is 13.8 Å². The minimum atomic E-state index is -0.184. The fraction of sp³-hybridized carbons (Fsp3) is 0.786. The molecule has 0 amide bonds. The van der Waals surface area contributed by atoms with Gasteiger partial charge in [-0.2, -0.15) is 0 Å². The molecular weight excluding hydrogens is 200 g/mol. The molecule has 2 rings (SSSR count). The highest BCUT2D eigenvalue weighted by Gasteiger charge is 2.49. The summed E-state index contributed by atoms with van der Waals surface area (Å²) in [5, 5.41) is 0. The number of fused-ring (bicyclic) bond motifs is 1. The van der Waals surface area contributed by atoms with E-state index in [1.54, 1.807) is 0 Å². The highest BCUT2D eigenvalue weighted by atomic mass is 16.5. The molecule has 16 heavy (non-hydrogen) atoms. The first kappa shape index (κ1) is 11.7. The van der Waals surface area contributed by atoms with Crippen molar-refractivity contribution in [3.63, 3.8) is 0 Å². The van der Waals surface area contributed by atoms with Crippen molar-refractivity contribution in [2.24, 2.45) is 11.3 Å². The fourth-order valence-corrected chi connectivity index (χ4v) is 3.55. The van der Waals surface area contributed by atoms with Gasteiger partial charge in [0.25, 0.3) is 0 Å². The van der Waals surface area contributed by atoms with E-state index in [0.29, 0.717) is 5.92 Å². The van der Waals surface area contributed by atoms with Crippen molar-refractivity contribution in [1.82, 2.24) is 0 Å². The van der Waals surface area contributed by atoms with Crippen LogP contribution in [0.3, 0.4) is 0 Å². The van der Waals surface area contributed by atoms with Crippen LogP contribution in [0, 0.1) is 11.3 Å². The first-order valence-corrected chi connectivity index (χ1v) is 6.34. The lowest BCUT2D eigenvalue weighted by atomic mass is 9.58. The van der Waals surface area contributed by atoms with Gasteiger partial charge >= 0.3 is 5.97 Å². The molecule has 2 heteroatoms. The molecule has 2 nitrogen and oxygen atoms in total. The summed E-state index contributed by atoms with van der Waals surface area (Å²) in [6.45, 7) is 4.38. The summed E-state index contributed by atoms with van der Waals surface area (Å²) >= 11 is 0. The van der Waals surface area contributed by atoms with Gasteiger partial charge in [-0.25, -0.2) is 0 Å². The molecule has 1 fully saturated rings. The average molecular weight is 222 g/mol. The number of methoxy groups -OCH3 is 1. The van der Waals surface area contributed by atoms with Crippen molar-refractivity contribution >= 4 is 5.97 Å². The van der Waals surface area contributed by atoms with Gasteiger partial charge in [-0.05, 0) is 45.4 Å². The second-order valence-corrected chi connectivity index (χ2v) is 5.53. The predicted octanol–water partition coefficient (Wildman–Crippen LogP) is 3.47. The first-order chi connectivity index (χ1) is 7.60. The third-order valence-corrected chi connectivity index (χ3v) is 4.66. The van der Waals surface area contributed by atoms with Crippen molar-refractivity contribution in [3.8, 4) is 0 Å². The van der Waals surface area contributed by atoms with Crippen molar-refractivity contribution in [3.05, 3.63) is 11.1 Å². The van der Waals surface area contributed by atoms with Gasteiger partial charge in [0.15, 0.2) is 0 Å². The number of carbonyl (C=O) groups excluding carboxylic acids is 1. The minimum absolute atomic E-state index is 0.0315. The van der Waals surface area contributed by atoms with Crippen LogP contribution >= 0.6 is 0 Å². The molecule has 0 unspecified atom stereocenters. The Morgan fingerprint density at radius 2 is 2.06 bits per heavy atom. The van der Waals surface area contributed by atoms with Crippen molar-refractivity contribution < 1.29 is 9.53 Å². The van der Waals surface area contributed by atoms with Gasteiger partial charge in [-0.15, -0.1) is 0 Å². The summed E-state index contributed by atoms with van der Waals surface area (Å²) in [5.74, 6) is 0.557. The topological polar surface area (TPSA) is 26.3 Å². The highest BCUT2D eigenvalue weighted by molar-refractivity contribution is 5.78. The van der Waals surface area contributed by atoms with Crippen LogP contribution < -0.4 is 0 Å². The van der Waals surface area contributed by atoms with Gasteiger partial charge in [0.2, 0.25) is 0 Å². The van der Waals surface area contributed by atoms with E-state index < -0.39 is 0 Å². The normalized spacial score (nSPS) is 34.6. The zero-order valence-corrected chi connectivity index (χ0v) is 10.6. The van der Waals surface area contributed by atoms with Crippen LogP contribution in [0.2, 0.25) is 0 Å². The lowest BCUT2D eigenvalue weighted by molar-refractivity contribution is -0.159. The van der Waals surface area contributed by atoms with Crippen LogP contribution in [0.15, 0.2) is 11.1 Å². The maximum absolute atomic E-state index is 12.1. The SMILES string of the molecule is COC(=O)[C@]12CCCC[C@H]1CC(C)=C(C)C2. The third-order valence-electron chi connectivity index (χ3n) is 4.66. The Morgan fingerprint density at radius 1 is 1.31 bits per heavy atom. The van der Waals surface area contributed by atoms with Gasteiger partial charge < -0.3 is 4.74 Å². The Kier molecular flexibility index (Phi) is 3.09. The first-order valence-electron chi connectivity index (χ1n) is 6.34. The van der Waals surface area contributed by atoms with Gasteiger partial charge in [-0.1, -0.05) is 24.0 Å². The van der Waals surface area contributed by atoms with Crippen molar-refractivity contribution in [2.75, 3.05) is 7.11 Å². The number of hydrogen-bond acceptors (Lipinski definition) is 2. The Bertz CT molecular complexity index is 330. The molecule has 0 aromatic heterocycles. The summed E-state index contributed by atoms with van der Waals surface area (Å²) in [7, 11) is 1.53. The molecule has 0 radical (unpaired) electrons. The molecule has 2 atom stereocenters. The summed E-state index contributed by atoms with van der Waals surface area (Å²) < 4.78 is 5.07. The smallest absolute Gasteiger partial charge is 0.312 e. The maximum Gasteiger partial charge on any atom is 0.312 e. The standard InChI is InChI=1S/C14H22O2/c1-10-8-12-6-4-5-7-14(12,9-11(10)2)13(15)16-3/h12H,4-9H2,1-3H3/t12-,14-/m0/s1. The second kappa shape index (κ2) is 4.23. The number of rotatable bonds is 1. The monoisotopic (exact) mass is 222 g/mol.